The van der Waals surface area contributed by atoms with E-state index < -0.39 is 0 Å². The quantitative estimate of drug-likeness (QED) is 0.783. The van der Waals surface area contributed by atoms with Gasteiger partial charge in [-0.25, -0.2) is 4.98 Å². The van der Waals surface area contributed by atoms with Crippen LogP contribution in [0.3, 0.4) is 0 Å². The molecule has 0 aliphatic heterocycles. The van der Waals surface area contributed by atoms with Crippen LogP contribution in [0.2, 0.25) is 0 Å². The first-order valence-corrected chi connectivity index (χ1v) is 7.31. The molecule has 1 aromatic heterocycles. The summed E-state index contributed by atoms with van der Waals surface area (Å²) in [6.07, 6.45) is 1.94. The van der Waals surface area contributed by atoms with Crippen molar-refractivity contribution in [3.8, 4) is 11.1 Å². The molecule has 2 aromatic rings. The first-order valence-electron chi connectivity index (χ1n) is 7.31. The van der Waals surface area contributed by atoms with Crippen LogP contribution in [0.1, 0.15) is 39.2 Å². The fourth-order valence-corrected chi connectivity index (χ4v) is 1.90. The highest BCUT2D eigenvalue weighted by molar-refractivity contribution is 5.64. The zero-order valence-corrected chi connectivity index (χ0v) is 13.5. The van der Waals surface area contributed by atoms with Crippen molar-refractivity contribution >= 4 is 5.82 Å². The van der Waals surface area contributed by atoms with E-state index >= 15 is 0 Å². The summed E-state index contributed by atoms with van der Waals surface area (Å²) in [5.74, 6) is 1.54. The van der Waals surface area contributed by atoms with Gasteiger partial charge >= 0.3 is 0 Å². The number of hydrogen-bond donors (Lipinski definition) is 0. The monoisotopic (exact) mass is 270 g/mol. The molecule has 0 unspecified atom stereocenters. The molecule has 2 heteroatoms. The average molecular weight is 270 g/mol. The van der Waals surface area contributed by atoms with Crippen LogP contribution < -0.4 is 4.90 Å². The number of hydrogen-bond acceptors (Lipinski definition) is 2. The molecule has 0 atom stereocenters. The standard InChI is InChI=1S/C16H20N2.C2H6/c1-12(2)13-6-5-7-14(10-13)15-8-9-16(17-11-15)18(3)4;1-2/h5-12H,1-4H3;1-2H3. The second-order valence-electron chi connectivity index (χ2n) is 5.08. The van der Waals surface area contributed by atoms with E-state index in [1.54, 1.807) is 0 Å². The van der Waals surface area contributed by atoms with Gasteiger partial charge in [-0.1, -0.05) is 52.0 Å². The van der Waals surface area contributed by atoms with Crippen LogP contribution in [-0.4, -0.2) is 19.1 Å². The van der Waals surface area contributed by atoms with Crippen molar-refractivity contribution < 1.29 is 0 Å². The highest BCUT2D eigenvalue weighted by Gasteiger charge is 2.03. The molecule has 0 aliphatic carbocycles. The maximum absolute atomic E-state index is 4.46. The molecule has 2 rings (SSSR count). The highest BCUT2D eigenvalue weighted by atomic mass is 15.1. The Hall–Kier alpha value is -1.83. The van der Waals surface area contributed by atoms with Gasteiger partial charge in [0.15, 0.2) is 0 Å². The van der Waals surface area contributed by atoms with E-state index in [-0.39, 0.29) is 0 Å². The van der Waals surface area contributed by atoms with Crippen LogP contribution in [-0.2, 0) is 0 Å². The summed E-state index contributed by atoms with van der Waals surface area (Å²) in [5.41, 5.74) is 3.77. The number of aromatic nitrogens is 1. The molecule has 0 fully saturated rings. The second kappa shape index (κ2) is 7.68. The predicted molar refractivity (Wildman–Crippen MR) is 89.4 cm³/mol. The predicted octanol–water partition coefficient (Wildman–Crippen LogP) is 4.96. The molecule has 1 heterocycles. The largest absolute Gasteiger partial charge is 0.363 e. The zero-order chi connectivity index (χ0) is 15.1. The van der Waals surface area contributed by atoms with Crippen molar-refractivity contribution in [3.63, 3.8) is 0 Å². The van der Waals surface area contributed by atoms with Gasteiger partial charge in [-0.3, -0.25) is 0 Å². The van der Waals surface area contributed by atoms with E-state index in [0.717, 1.165) is 5.82 Å². The minimum Gasteiger partial charge on any atom is -0.363 e. The summed E-state index contributed by atoms with van der Waals surface area (Å²) in [7, 11) is 4.00. The van der Waals surface area contributed by atoms with Gasteiger partial charge < -0.3 is 4.90 Å². The maximum Gasteiger partial charge on any atom is 0.127 e. The first kappa shape index (κ1) is 16.2. The molecule has 0 bridgehead atoms. The van der Waals surface area contributed by atoms with E-state index in [9.17, 15) is 0 Å². The molecule has 2 nitrogen and oxygen atoms in total. The highest BCUT2D eigenvalue weighted by Crippen LogP contribution is 2.24. The van der Waals surface area contributed by atoms with Crippen molar-refractivity contribution in [1.29, 1.82) is 0 Å². The minimum absolute atomic E-state index is 0.555. The van der Waals surface area contributed by atoms with Gasteiger partial charge in [-0.15, -0.1) is 0 Å². The maximum atomic E-state index is 4.46. The summed E-state index contributed by atoms with van der Waals surface area (Å²) < 4.78 is 0. The number of anilines is 1. The molecule has 0 N–H and O–H groups in total. The van der Waals surface area contributed by atoms with Crippen molar-refractivity contribution in [2.45, 2.75) is 33.6 Å². The van der Waals surface area contributed by atoms with Gasteiger partial charge in [-0.2, -0.15) is 0 Å². The Kier molecular flexibility index (Phi) is 6.23. The number of benzene rings is 1. The smallest absolute Gasteiger partial charge is 0.127 e. The van der Waals surface area contributed by atoms with Gasteiger partial charge in [0.2, 0.25) is 0 Å². The Bertz CT molecular complexity index is 513. The molecule has 0 radical (unpaired) electrons. The number of pyridine rings is 1. The lowest BCUT2D eigenvalue weighted by atomic mass is 9.98. The van der Waals surface area contributed by atoms with Crippen LogP contribution in [0.25, 0.3) is 11.1 Å². The average Bonchev–Trinajstić information content (AvgIpc) is 2.49. The molecule has 0 saturated carbocycles. The lowest BCUT2D eigenvalue weighted by Gasteiger charge is -2.12. The summed E-state index contributed by atoms with van der Waals surface area (Å²) in [5, 5.41) is 0. The van der Waals surface area contributed by atoms with E-state index in [4.69, 9.17) is 0 Å². The van der Waals surface area contributed by atoms with E-state index in [1.165, 1.54) is 16.7 Å². The Morgan fingerprint density at radius 1 is 0.950 bits per heavy atom. The van der Waals surface area contributed by atoms with Crippen molar-refractivity contribution in [2.75, 3.05) is 19.0 Å². The first-order chi connectivity index (χ1) is 9.58. The molecular weight excluding hydrogens is 244 g/mol. The van der Waals surface area contributed by atoms with Crippen molar-refractivity contribution in [3.05, 3.63) is 48.2 Å². The third-order valence-corrected chi connectivity index (χ3v) is 3.09. The van der Waals surface area contributed by atoms with Crippen LogP contribution in [0.4, 0.5) is 5.82 Å². The molecule has 0 aliphatic rings. The van der Waals surface area contributed by atoms with Crippen molar-refractivity contribution in [2.24, 2.45) is 0 Å². The van der Waals surface area contributed by atoms with Gasteiger partial charge in [0, 0.05) is 25.9 Å². The molecule has 1 aromatic carbocycles. The van der Waals surface area contributed by atoms with Crippen LogP contribution in [0.5, 0.6) is 0 Å². The van der Waals surface area contributed by atoms with Crippen LogP contribution in [0.15, 0.2) is 42.6 Å². The number of nitrogens with zero attached hydrogens (tertiary/aromatic N) is 2. The third-order valence-electron chi connectivity index (χ3n) is 3.09. The Balaban J connectivity index is 0.000000956. The van der Waals surface area contributed by atoms with Gasteiger partial charge in [-0.05, 0) is 29.2 Å². The fourth-order valence-electron chi connectivity index (χ4n) is 1.90. The Labute approximate surface area is 123 Å². The molecule has 20 heavy (non-hydrogen) atoms. The molecule has 0 spiro atoms. The Morgan fingerprint density at radius 3 is 2.15 bits per heavy atom. The number of rotatable bonds is 3. The molecule has 0 amide bonds. The molecular formula is C18H26N2. The topological polar surface area (TPSA) is 16.1 Å². The van der Waals surface area contributed by atoms with E-state index in [2.05, 4.69) is 55.2 Å². The van der Waals surface area contributed by atoms with Gasteiger partial charge in [0.05, 0.1) is 0 Å². The van der Waals surface area contributed by atoms with E-state index in [0.29, 0.717) is 5.92 Å². The summed E-state index contributed by atoms with van der Waals surface area (Å²) in [4.78, 5) is 6.46. The van der Waals surface area contributed by atoms with Gasteiger partial charge in [0.1, 0.15) is 5.82 Å². The summed E-state index contributed by atoms with van der Waals surface area (Å²) in [6.45, 7) is 8.43. The second-order valence-corrected chi connectivity index (χ2v) is 5.08. The lowest BCUT2D eigenvalue weighted by Crippen LogP contribution is -2.09. The summed E-state index contributed by atoms with van der Waals surface area (Å²) in [6, 6.07) is 12.9. The third kappa shape index (κ3) is 4.09. The van der Waals surface area contributed by atoms with E-state index in [1.807, 2.05) is 39.0 Å². The van der Waals surface area contributed by atoms with Crippen LogP contribution in [0, 0.1) is 0 Å². The SMILES string of the molecule is CC.CC(C)c1cccc(-c2ccc(N(C)C)nc2)c1. The fraction of sp³-hybridized carbons (Fsp3) is 0.389. The van der Waals surface area contributed by atoms with Crippen LogP contribution >= 0.6 is 0 Å². The summed E-state index contributed by atoms with van der Waals surface area (Å²) >= 11 is 0. The molecule has 108 valence electrons. The lowest BCUT2D eigenvalue weighted by molar-refractivity contribution is 0.867. The van der Waals surface area contributed by atoms with Gasteiger partial charge in [0.25, 0.3) is 0 Å². The minimum atomic E-state index is 0.555. The Morgan fingerprint density at radius 2 is 1.65 bits per heavy atom. The van der Waals surface area contributed by atoms with Crippen molar-refractivity contribution in [1.82, 2.24) is 4.98 Å². The normalized spacial score (nSPS) is 9.95. The zero-order valence-electron chi connectivity index (χ0n) is 13.5. The molecule has 0 saturated heterocycles.